The van der Waals surface area contributed by atoms with Gasteiger partial charge in [0.15, 0.2) is 0 Å². The molecule has 0 fully saturated rings. The van der Waals surface area contributed by atoms with Crippen LogP contribution < -0.4 is 15.4 Å². The van der Waals surface area contributed by atoms with Crippen molar-refractivity contribution in [2.75, 3.05) is 7.05 Å². The average molecular weight is 393 g/mol. The van der Waals surface area contributed by atoms with Gasteiger partial charge in [0.25, 0.3) is 10.0 Å². The average Bonchev–Trinajstić information content (AvgIpc) is 3.15. The van der Waals surface area contributed by atoms with Gasteiger partial charge in [-0.15, -0.1) is 0 Å². The van der Waals surface area contributed by atoms with Crippen molar-refractivity contribution in [1.29, 1.82) is 0 Å². The van der Waals surface area contributed by atoms with Crippen molar-refractivity contribution in [2.45, 2.75) is 37.6 Å². The molecule has 1 atom stereocenters. The fourth-order valence-electron chi connectivity index (χ4n) is 2.57. The number of aryl methyl sites for hydroxylation is 1. The van der Waals surface area contributed by atoms with Crippen LogP contribution in [0.1, 0.15) is 36.3 Å². The van der Waals surface area contributed by atoms with Gasteiger partial charge in [0.1, 0.15) is 5.76 Å². The summed E-state index contributed by atoms with van der Waals surface area (Å²) in [6.45, 7) is 3.54. The van der Waals surface area contributed by atoms with Crippen LogP contribution in [-0.4, -0.2) is 27.4 Å². The molecule has 0 radical (unpaired) electrons. The smallest absolute Gasteiger partial charge is 0.328 e. The number of hydrogen-bond acceptors (Lipinski definition) is 5. The van der Waals surface area contributed by atoms with Crippen molar-refractivity contribution in [1.82, 2.24) is 15.4 Å². The van der Waals surface area contributed by atoms with Crippen LogP contribution >= 0.6 is 0 Å². The van der Waals surface area contributed by atoms with Gasteiger partial charge in [0.05, 0.1) is 23.6 Å². The van der Waals surface area contributed by atoms with E-state index in [0.29, 0.717) is 23.3 Å². The molecule has 0 spiro atoms. The highest BCUT2D eigenvalue weighted by atomic mass is 32.2. The number of carbonyl (C=O) groups excluding carboxylic acids is 2. The highest BCUT2D eigenvalue weighted by molar-refractivity contribution is 7.90. The maximum Gasteiger partial charge on any atom is 0.328 e. The number of amides is 3. The predicted octanol–water partition coefficient (Wildman–Crippen LogP) is 2.02. The molecule has 27 heavy (non-hydrogen) atoms. The Kier molecular flexibility index (Phi) is 6.62. The molecule has 3 amide bonds. The number of hydrogen-bond donors (Lipinski definition) is 3. The van der Waals surface area contributed by atoms with E-state index in [1.165, 1.54) is 13.1 Å². The zero-order valence-corrected chi connectivity index (χ0v) is 16.2. The number of rotatable bonds is 7. The molecule has 0 aliphatic carbocycles. The molecule has 0 saturated heterocycles. The quantitative estimate of drug-likeness (QED) is 0.665. The third kappa shape index (κ3) is 5.33. The minimum absolute atomic E-state index is 0.0000171. The molecule has 2 rings (SSSR count). The summed E-state index contributed by atoms with van der Waals surface area (Å²) in [6, 6.07) is 7.13. The standard InChI is InChI=1S/C18H23N3O5S/c1-4-14(15-6-5-9-26-15)20-17(22)11-13-8-7-12(2)16(10-13)27(24,25)21-18(23)19-3/h5-10,14H,4,11H2,1-3H3,(H,20,22)(H2,19,21,23). The molecule has 0 bridgehead atoms. The first-order valence-electron chi connectivity index (χ1n) is 8.43. The second kappa shape index (κ2) is 8.72. The second-order valence-corrected chi connectivity index (χ2v) is 7.66. The molecule has 0 saturated carbocycles. The van der Waals surface area contributed by atoms with Gasteiger partial charge in [-0.25, -0.2) is 17.9 Å². The lowest BCUT2D eigenvalue weighted by molar-refractivity contribution is -0.121. The van der Waals surface area contributed by atoms with E-state index >= 15 is 0 Å². The first-order valence-corrected chi connectivity index (χ1v) is 9.92. The first kappa shape index (κ1) is 20.5. The van der Waals surface area contributed by atoms with Crippen LogP contribution in [-0.2, 0) is 21.2 Å². The van der Waals surface area contributed by atoms with Gasteiger partial charge < -0.3 is 15.1 Å². The van der Waals surface area contributed by atoms with E-state index in [9.17, 15) is 18.0 Å². The summed E-state index contributed by atoms with van der Waals surface area (Å²) >= 11 is 0. The van der Waals surface area contributed by atoms with Crippen molar-refractivity contribution in [2.24, 2.45) is 0 Å². The Hall–Kier alpha value is -2.81. The molecule has 8 nitrogen and oxygen atoms in total. The molecule has 1 heterocycles. The highest BCUT2D eigenvalue weighted by Gasteiger charge is 2.21. The second-order valence-electron chi connectivity index (χ2n) is 6.01. The highest BCUT2D eigenvalue weighted by Crippen LogP contribution is 2.19. The summed E-state index contributed by atoms with van der Waals surface area (Å²) in [7, 11) is -2.71. The molecule has 1 unspecified atom stereocenters. The molecule has 0 aliphatic heterocycles. The van der Waals surface area contributed by atoms with E-state index in [2.05, 4.69) is 10.6 Å². The fourth-order valence-corrected chi connectivity index (χ4v) is 3.82. The molecule has 2 aromatic rings. The molecule has 1 aromatic carbocycles. The van der Waals surface area contributed by atoms with Crippen LogP contribution in [0.5, 0.6) is 0 Å². The maximum absolute atomic E-state index is 12.4. The number of sulfonamides is 1. The maximum atomic E-state index is 12.4. The van der Waals surface area contributed by atoms with Gasteiger partial charge >= 0.3 is 6.03 Å². The lowest BCUT2D eigenvalue weighted by Gasteiger charge is -2.15. The Labute approximate surface area is 158 Å². The van der Waals surface area contributed by atoms with Crippen LogP contribution in [0.2, 0.25) is 0 Å². The minimum atomic E-state index is -4.03. The SMILES string of the molecule is CCC(NC(=O)Cc1ccc(C)c(S(=O)(=O)NC(=O)NC)c1)c1ccco1. The van der Waals surface area contributed by atoms with E-state index in [4.69, 9.17) is 4.42 Å². The first-order chi connectivity index (χ1) is 12.8. The van der Waals surface area contributed by atoms with E-state index in [0.717, 1.165) is 0 Å². The Morgan fingerprint density at radius 1 is 1.22 bits per heavy atom. The largest absolute Gasteiger partial charge is 0.467 e. The van der Waals surface area contributed by atoms with Crippen molar-refractivity contribution >= 4 is 22.0 Å². The summed E-state index contributed by atoms with van der Waals surface area (Å²) in [6.07, 6.45) is 2.20. The number of nitrogens with one attached hydrogen (secondary N) is 3. The van der Waals surface area contributed by atoms with Crippen LogP contribution in [0.15, 0.2) is 45.9 Å². The van der Waals surface area contributed by atoms with Gasteiger partial charge in [0.2, 0.25) is 5.91 Å². The Morgan fingerprint density at radius 2 is 1.96 bits per heavy atom. The molecule has 3 N–H and O–H groups in total. The molecule has 146 valence electrons. The zero-order valence-electron chi connectivity index (χ0n) is 15.4. The molecule has 1 aromatic heterocycles. The van der Waals surface area contributed by atoms with Crippen LogP contribution in [0.3, 0.4) is 0 Å². The third-order valence-electron chi connectivity index (χ3n) is 3.99. The monoisotopic (exact) mass is 393 g/mol. The minimum Gasteiger partial charge on any atom is -0.467 e. The summed E-state index contributed by atoms with van der Waals surface area (Å²) in [5.41, 5.74) is 0.988. The zero-order chi connectivity index (χ0) is 20.0. The topological polar surface area (TPSA) is 118 Å². The number of benzene rings is 1. The van der Waals surface area contributed by atoms with E-state index in [-0.39, 0.29) is 23.3 Å². The normalized spacial score (nSPS) is 12.3. The molecule has 9 heteroatoms. The number of carbonyl (C=O) groups is 2. The van der Waals surface area contributed by atoms with Crippen LogP contribution in [0.25, 0.3) is 0 Å². The van der Waals surface area contributed by atoms with Gasteiger partial charge in [-0.2, -0.15) is 0 Å². The van der Waals surface area contributed by atoms with Crippen LogP contribution in [0, 0.1) is 6.92 Å². The van der Waals surface area contributed by atoms with Gasteiger partial charge in [-0.3, -0.25) is 4.79 Å². The van der Waals surface area contributed by atoms with Crippen molar-refractivity contribution in [3.63, 3.8) is 0 Å². The third-order valence-corrected chi connectivity index (χ3v) is 5.46. The van der Waals surface area contributed by atoms with Crippen molar-refractivity contribution in [3.8, 4) is 0 Å². The molecular weight excluding hydrogens is 370 g/mol. The van der Waals surface area contributed by atoms with E-state index in [1.807, 2.05) is 11.6 Å². The number of urea groups is 1. The summed E-state index contributed by atoms with van der Waals surface area (Å²) in [5, 5.41) is 5.07. The number of furan rings is 1. The summed E-state index contributed by atoms with van der Waals surface area (Å²) in [4.78, 5) is 23.7. The van der Waals surface area contributed by atoms with Crippen molar-refractivity contribution in [3.05, 3.63) is 53.5 Å². The predicted molar refractivity (Wildman–Crippen MR) is 99.5 cm³/mol. The molecular formula is C18H23N3O5S. The van der Waals surface area contributed by atoms with Crippen molar-refractivity contribution < 1.29 is 22.4 Å². The summed E-state index contributed by atoms with van der Waals surface area (Å²) < 4.78 is 31.9. The Morgan fingerprint density at radius 3 is 2.56 bits per heavy atom. The lowest BCUT2D eigenvalue weighted by Crippen LogP contribution is -2.37. The Bertz CT molecular complexity index is 907. The van der Waals surface area contributed by atoms with Gasteiger partial charge in [-0.1, -0.05) is 19.1 Å². The van der Waals surface area contributed by atoms with Gasteiger partial charge in [-0.05, 0) is 42.7 Å². The van der Waals surface area contributed by atoms with E-state index in [1.54, 1.807) is 37.5 Å². The fraction of sp³-hybridized carbons (Fsp3) is 0.333. The van der Waals surface area contributed by atoms with Crippen LogP contribution in [0.4, 0.5) is 4.79 Å². The molecule has 0 aliphatic rings. The van der Waals surface area contributed by atoms with E-state index < -0.39 is 16.1 Å². The summed E-state index contributed by atoms with van der Waals surface area (Å²) in [5.74, 6) is 0.400. The van der Waals surface area contributed by atoms with Gasteiger partial charge in [0, 0.05) is 7.05 Å². The Balaban J connectivity index is 2.15. The lowest BCUT2D eigenvalue weighted by atomic mass is 10.1.